The van der Waals surface area contributed by atoms with Crippen LogP contribution in [0.5, 0.6) is 0 Å². The Labute approximate surface area is 115 Å². The Bertz CT molecular complexity index is 343. The van der Waals surface area contributed by atoms with Crippen molar-refractivity contribution in [2.45, 2.75) is 59.4 Å². The molecule has 1 aliphatic rings. The zero-order valence-electron chi connectivity index (χ0n) is 12.4. The highest BCUT2D eigenvalue weighted by atomic mass is 16.4. The van der Waals surface area contributed by atoms with Crippen LogP contribution in [0.3, 0.4) is 0 Å². The molecule has 0 aromatic carbocycles. The quantitative estimate of drug-likeness (QED) is 0.693. The van der Waals surface area contributed by atoms with Gasteiger partial charge in [-0.15, -0.1) is 0 Å². The molecule has 1 aliphatic carbocycles. The minimum Gasteiger partial charge on any atom is -0.481 e. The average Bonchev–Trinajstić information content (AvgIpc) is 3.04. The van der Waals surface area contributed by atoms with Gasteiger partial charge in [0.05, 0.1) is 6.42 Å². The summed E-state index contributed by atoms with van der Waals surface area (Å²) in [6, 6.07) is -0.636. The molecule has 0 aromatic heterocycles. The van der Waals surface area contributed by atoms with E-state index in [9.17, 15) is 9.59 Å². The molecule has 0 spiro atoms. The van der Waals surface area contributed by atoms with Crippen LogP contribution in [0.25, 0.3) is 0 Å². The number of carboxylic acid groups (broad SMARTS) is 1. The largest absolute Gasteiger partial charge is 0.481 e. The summed E-state index contributed by atoms with van der Waals surface area (Å²) < 4.78 is 0. The van der Waals surface area contributed by atoms with Gasteiger partial charge in [-0.25, -0.2) is 4.79 Å². The summed E-state index contributed by atoms with van der Waals surface area (Å²) in [5.74, 6) is -0.896. The summed E-state index contributed by atoms with van der Waals surface area (Å²) >= 11 is 0. The van der Waals surface area contributed by atoms with E-state index >= 15 is 0 Å². The molecule has 0 heterocycles. The third kappa shape index (κ3) is 5.09. The highest BCUT2D eigenvalue weighted by Gasteiger charge is 2.40. The second-order valence-electron chi connectivity index (χ2n) is 6.70. The molecule has 0 aliphatic heterocycles. The van der Waals surface area contributed by atoms with Gasteiger partial charge in [-0.1, -0.05) is 27.7 Å². The molecule has 1 fully saturated rings. The monoisotopic (exact) mass is 270 g/mol. The van der Waals surface area contributed by atoms with Crippen LogP contribution in [-0.2, 0) is 4.79 Å². The van der Waals surface area contributed by atoms with Crippen LogP contribution in [-0.4, -0.2) is 29.7 Å². The topological polar surface area (TPSA) is 78.4 Å². The van der Waals surface area contributed by atoms with Crippen molar-refractivity contribution < 1.29 is 14.7 Å². The zero-order chi connectivity index (χ0) is 14.7. The van der Waals surface area contributed by atoms with Gasteiger partial charge in [0.15, 0.2) is 0 Å². The smallest absolute Gasteiger partial charge is 0.315 e. The predicted molar refractivity (Wildman–Crippen MR) is 74.0 cm³/mol. The lowest BCUT2D eigenvalue weighted by molar-refractivity contribution is -0.138. The molecule has 0 bridgehead atoms. The van der Waals surface area contributed by atoms with E-state index in [0.29, 0.717) is 12.0 Å². The Morgan fingerprint density at radius 1 is 1.32 bits per heavy atom. The predicted octanol–water partition coefficient (Wildman–Crippen LogP) is 2.37. The number of urea groups is 1. The molecular formula is C14H26N2O3. The van der Waals surface area contributed by atoms with Gasteiger partial charge in [0, 0.05) is 12.6 Å². The molecule has 2 amide bonds. The molecule has 0 aromatic rings. The van der Waals surface area contributed by atoms with Gasteiger partial charge >= 0.3 is 12.0 Å². The zero-order valence-corrected chi connectivity index (χ0v) is 12.4. The van der Waals surface area contributed by atoms with Crippen LogP contribution in [0.15, 0.2) is 0 Å². The molecule has 1 saturated carbocycles. The number of aliphatic carboxylic acids is 1. The average molecular weight is 270 g/mol. The Balaban J connectivity index is 2.45. The second kappa shape index (κ2) is 5.80. The highest BCUT2D eigenvalue weighted by Crippen LogP contribution is 2.47. The van der Waals surface area contributed by atoms with E-state index in [2.05, 4.69) is 17.6 Å². The number of rotatable bonds is 6. The molecule has 1 unspecified atom stereocenters. The maximum Gasteiger partial charge on any atom is 0.315 e. The lowest BCUT2D eigenvalue weighted by Crippen LogP contribution is -2.49. The number of hydrogen-bond acceptors (Lipinski definition) is 2. The van der Waals surface area contributed by atoms with Gasteiger partial charge in [-0.2, -0.15) is 0 Å². The van der Waals surface area contributed by atoms with Crippen molar-refractivity contribution in [2.24, 2.45) is 10.8 Å². The van der Waals surface area contributed by atoms with Crippen molar-refractivity contribution in [2.75, 3.05) is 6.54 Å². The third-order valence-electron chi connectivity index (χ3n) is 4.06. The Kier molecular flexibility index (Phi) is 4.82. The number of amides is 2. The van der Waals surface area contributed by atoms with E-state index in [1.807, 2.05) is 20.8 Å². The summed E-state index contributed by atoms with van der Waals surface area (Å²) in [5.41, 5.74) is 0.0130. The van der Waals surface area contributed by atoms with E-state index in [1.165, 1.54) is 12.8 Å². The highest BCUT2D eigenvalue weighted by molar-refractivity contribution is 5.76. The Hall–Kier alpha value is -1.26. The Morgan fingerprint density at radius 2 is 1.89 bits per heavy atom. The van der Waals surface area contributed by atoms with Crippen molar-refractivity contribution in [1.29, 1.82) is 0 Å². The van der Waals surface area contributed by atoms with Gasteiger partial charge in [0.1, 0.15) is 0 Å². The molecule has 1 rings (SSSR count). The third-order valence-corrected chi connectivity index (χ3v) is 4.06. The fourth-order valence-corrected chi connectivity index (χ4v) is 2.06. The van der Waals surface area contributed by atoms with E-state index in [-0.39, 0.29) is 23.9 Å². The van der Waals surface area contributed by atoms with Crippen LogP contribution < -0.4 is 10.6 Å². The molecule has 110 valence electrons. The molecule has 19 heavy (non-hydrogen) atoms. The minimum atomic E-state index is -0.896. The first-order valence-corrected chi connectivity index (χ1v) is 6.95. The minimum absolute atomic E-state index is 0.0597. The SMILES string of the molecule is CCC1(CNC(=O)NC(CC(=O)O)C(C)(C)C)CC1. The summed E-state index contributed by atoms with van der Waals surface area (Å²) in [5, 5.41) is 14.5. The fourth-order valence-electron chi connectivity index (χ4n) is 2.06. The molecule has 0 radical (unpaired) electrons. The second-order valence-corrected chi connectivity index (χ2v) is 6.70. The lowest BCUT2D eigenvalue weighted by atomic mass is 9.85. The van der Waals surface area contributed by atoms with Gasteiger partial charge in [0.25, 0.3) is 0 Å². The standard InChI is InChI=1S/C14H26N2O3/c1-5-14(6-7-14)9-15-12(19)16-10(8-11(17)18)13(2,3)4/h10H,5-9H2,1-4H3,(H,17,18)(H2,15,16,19). The molecule has 5 heteroatoms. The van der Waals surface area contributed by atoms with Gasteiger partial charge in [-0.3, -0.25) is 4.79 Å². The molecular weight excluding hydrogens is 244 g/mol. The lowest BCUT2D eigenvalue weighted by Gasteiger charge is -2.30. The maximum absolute atomic E-state index is 11.9. The number of carbonyl (C=O) groups excluding carboxylic acids is 1. The molecule has 5 nitrogen and oxygen atoms in total. The molecule has 0 saturated heterocycles. The van der Waals surface area contributed by atoms with Crippen molar-refractivity contribution in [3.05, 3.63) is 0 Å². The van der Waals surface area contributed by atoms with Crippen LogP contribution in [0, 0.1) is 10.8 Å². The van der Waals surface area contributed by atoms with E-state index in [0.717, 1.165) is 6.42 Å². The number of hydrogen-bond donors (Lipinski definition) is 3. The van der Waals surface area contributed by atoms with Crippen molar-refractivity contribution in [3.63, 3.8) is 0 Å². The van der Waals surface area contributed by atoms with Crippen LogP contribution in [0.4, 0.5) is 4.79 Å². The summed E-state index contributed by atoms with van der Waals surface area (Å²) in [6.07, 6.45) is 3.35. The van der Waals surface area contributed by atoms with Gasteiger partial charge in [0.2, 0.25) is 0 Å². The summed E-state index contributed by atoms with van der Waals surface area (Å²) in [7, 11) is 0. The van der Waals surface area contributed by atoms with Crippen LogP contribution >= 0.6 is 0 Å². The first-order valence-electron chi connectivity index (χ1n) is 6.95. The first-order chi connectivity index (χ1) is 8.68. The maximum atomic E-state index is 11.9. The van der Waals surface area contributed by atoms with Crippen molar-refractivity contribution in [1.82, 2.24) is 10.6 Å². The van der Waals surface area contributed by atoms with Crippen LogP contribution in [0.1, 0.15) is 53.4 Å². The Morgan fingerprint density at radius 3 is 2.26 bits per heavy atom. The van der Waals surface area contributed by atoms with E-state index < -0.39 is 5.97 Å². The number of nitrogens with one attached hydrogen (secondary N) is 2. The number of carboxylic acids is 1. The number of carbonyl (C=O) groups is 2. The van der Waals surface area contributed by atoms with E-state index in [1.54, 1.807) is 0 Å². The van der Waals surface area contributed by atoms with Gasteiger partial charge in [-0.05, 0) is 30.1 Å². The van der Waals surface area contributed by atoms with Crippen molar-refractivity contribution >= 4 is 12.0 Å². The normalized spacial score (nSPS) is 18.5. The summed E-state index contributed by atoms with van der Waals surface area (Å²) in [6.45, 7) is 8.59. The molecule has 1 atom stereocenters. The van der Waals surface area contributed by atoms with Gasteiger partial charge < -0.3 is 15.7 Å². The van der Waals surface area contributed by atoms with Crippen LogP contribution in [0.2, 0.25) is 0 Å². The van der Waals surface area contributed by atoms with Crippen molar-refractivity contribution in [3.8, 4) is 0 Å². The van der Waals surface area contributed by atoms with E-state index in [4.69, 9.17) is 5.11 Å². The molecule has 3 N–H and O–H groups in total. The first kappa shape index (κ1) is 15.8. The fraction of sp³-hybridized carbons (Fsp3) is 0.857. The summed E-state index contributed by atoms with van der Waals surface area (Å²) in [4.78, 5) is 22.7.